The average Bonchev–Trinajstić information content (AvgIpc) is 3.36. The monoisotopic (exact) mass is 357 g/mol. The molecule has 1 aromatic heterocycles. The maximum absolute atomic E-state index is 12.7. The molecule has 6 nitrogen and oxygen atoms in total. The van der Waals surface area contributed by atoms with Crippen LogP contribution in [-0.2, 0) is 4.79 Å². The van der Waals surface area contributed by atoms with E-state index in [1.807, 2.05) is 30.3 Å². The Kier molecular flexibility index (Phi) is 5.03. The summed E-state index contributed by atoms with van der Waals surface area (Å²) in [7, 11) is 0. The van der Waals surface area contributed by atoms with Gasteiger partial charge in [-0.1, -0.05) is 42.1 Å². The minimum absolute atomic E-state index is 0.132. The van der Waals surface area contributed by atoms with Crippen LogP contribution in [0.2, 0.25) is 0 Å². The Morgan fingerprint density at radius 1 is 1.28 bits per heavy atom. The second-order valence-corrected chi connectivity index (χ2v) is 7.19. The second kappa shape index (κ2) is 7.23. The van der Waals surface area contributed by atoms with Crippen LogP contribution in [0.5, 0.6) is 0 Å². The molecule has 0 unspecified atom stereocenters. The summed E-state index contributed by atoms with van der Waals surface area (Å²) in [5, 5.41) is 2.70. The number of ketones is 1. The maximum atomic E-state index is 12.7. The van der Waals surface area contributed by atoms with Gasteiger partial charge in [0.25, 0.3) is 0 Å². The summed E-state index contributed by atoms with van der Waals surface area (Å²) >= 11 is 1.14. The number of aromatic amines is 1. The van der Waals surface area contributed by atoms with Crippen LogP contribution in [-0.4, -0.2) is 27.7 Å². The molecule has 1 aliphatic carbocycles. The minimum atomic E-state index is -0.575. The molecule has 1 aromatic carbocycles. The van der Waals surface area contributed by atoms with E-state index in [0.29, 0.717) is 11.3 Å². The van der Waals surface area contributed by atoms with Crippen molar-refractivity contribution in [3.63, 3.8) is 0 Å². The van der Waals surface area contributed by atoms with Crippen molar-refractivity contribution in [3.05, 3.63) is 57.6 Å². The Bertz CT molecular complexity index is 860. The number of amides is 1. The van der Waals surface area contributed by atoms with Gasteiger partial charge >= 0.3 is 5.69 Å². The van der Waals surface area contributed by atoms with Gasteiger partial charge in [-0.25, -0.2) is 4.79 Å². The predicted molar refractivity (Wildman–Crippen MR) is 95.8 cm³/mol. The largest absolute Gasteiger partial charge is 0.352 e. The van der Waals surface area contributed by atoms with Crippen LogP contribution in [0.25, 0.3) is 0 Å². The summed E-state index contributed by atoms with van der Waals surface area (Å²) in [6.07, 6.45) is 1.97. The van der Waals surface area contributed by atoms with Crippen LogP contribution in [0.3, 0.4) is 0 Å². The molecule has 0 spiro atoms. The topological polar surface area (TPSA) is 91.9 Å². The normalized spacial score (nSPS) is 14.8. The van der Waals surface area contributed by atoms with Crippen molar-refractivity contribution in [2.45, 2.75) is 43.0 Å². The Morgan fingerprint density at radius 2 is 1.96 bits per heavy atom. The molecule has 0 bridgehead atoms. The molecule has 0 radical (unpaired) electrons. The van der Waals surface area contributed by atoms with Crippen molar-refractivity contribution >= 4 is 23.5 Å². The molecule has 7 heteroatoms. The molecule has 0 aliphatic heterocycles. The highest BCUT2D eigenvalue weighted by atomic mass is 32.2. The zero-order valence-electron chi connectivity index (χ0n) is 14.0. The zero-order chi connectivity index (χ0) is 18.0. The van der Waals surface area contributed by atoms with Gasteiger partial charge in [-0.3, -0.25) is 9.59 Å². The van der Waals surface area contributed by atoms with Crippen molar-refractivity contribution < 1.29 is 9.59 Å². The molecular formula is C18H19N3O3S. The SMILES string of the molecule is CC(=O)c1c(S[C@@H](C(=O)NC2CC2)c2ccccc2)nc(=O)[nH]c1C. The Labute approximate surface area is 149 Å². The first-order chi connectivity index (χ1) is 12.0. The van der Waals surface area contributed by atoms with E-state index in [4.69, 9.17) is 0 Å². The number of hydrogen-bond donors (Lipinski definition) is 2. The summed E-state index contributed by atoms with van der Waals surface area (Å²) in [4.78, 5) is 43.0. The summed E-state index contributed by atoms with van der Waals surface area (Å²) in [5.74, 6) is -0.328. The van der Waals surface area contributed by atoms with E-state index in [1.54, 1.807) is 6.92 Å². The third kappa shape index (κ3) is 4.17. The second-order valence-electron chi connectivity index (χ2n) is 6.09. The molecule has 1 aliphatic rings. The van der Waals surface area contributed by atoms with Crippen molar-refractivity contribution in [2.24, 2.45) is 0 Å². The number of carbonyl (C=O) groups is 2. The lowest BCUT2D eigenvalue weighted by Gasteiger charge is -2.18. The van der Waals surface area contributed by atoms with Crippen LogP contribution in [0.4, 0.5) is 0 Å². The van der Waals surface area contributed by atoms with Gasteiger partial charge in [0.15, 0.2) is 5.78 Å². The van der Waals surface area contributed by atoms with E-state index < -0.39 is 10.9 Å². The number of Topliss-reactive ketones (excluding diaryl/α,β-unsaturated/α-hetero) is 1. The first kappa shape index (κ1) is 17.4. The van der Waals surface area contributed by atoms with Gasteiger partial charge in [-0.05, 0) is 32.3 Å². The van der Waals surface area contributed by atoms with Crippen LogP contribution in [0.1, 0.15) is 46.6 Å². The van der Waals surface area contributed by atoms with Crippen LogP contribution >= 0.6 is 11.8 Å². The summed E-state index contributed by atoms with van der Waals surface area (Å²) < 4.78 is 0. The summed E-state index contributed by atoms with van der Waals surface area (Å²) in [5.41, 5.74) is 1.09. The number of benzene rings is 1. The fourth-order valence-electron chi connectivity index (χ4n) is 2.58. The number of nitrogens with one attached hydrogen (secondary N) is 2. The quantitative estimate of drug-likeness (QED) is 0.470. The molecule has 2 N–H and O–H groups in total. The number of aryl methyl sites for hydroxylation is 1. The number of aromatic nitrogens is 2. The number of rotatable bonds is 6. The van der Waals surface area contributed by atoms with Crippen LogP contribution in [0.15, 0.2) is 40.2 Å². The lowest BCUT2D eigenvalue weighted by molar-refractivity contribution is -0.120. The molecule has 1 heterocycles. The molecule has 1 atom stereocenters. The summed E-state index contributed by atoms with van der Waals surface area (Å²) in [6, 6.07) is 9.53. The molecule has 0 saturated heterocycles. The third-order valence-electron chi connectivity index (χ3n) is 3.93. The number of thioether (sulfide) groups is 1. The third-order valence-corrected chi connectivity index (χ3v) is 5.17. The van der Waals surface area contributed by atoms with E-state index in [-0.39, 0.29) is 22.8 Å². The van der Waals surface area contributed by atoms with Gasteiger partial charge in [0.1, 0.15) is 10.3 Å². The molecule has 3 rings (SSSR count). The highest BCUT2D eigenvalue weighted by Gasteiger charge is 2.30. The number of hydrogen-bond acceptors (Lipinski definition) is 5. The van der Waals surface area contributed by atoms with Gasteiger partial charge in [0.2, 0.25) is 5.91 Å². The Morgan fingerprint density at radius 3 is 2.56 bits per heavy atom. The molecule has 1 amide bonds. The standard InChI is InChI=1S/C18H19N3O3S/c1-10-14(11(2)22)17(21-18(24)19-10)25-15(12-6-4-3-5-7-12)16(23)20-13-8-9-13/h3-7,13,15H,8-9H2,1-2H3,(H,20,23)(H,19,21,24)/t15-/m1/s1. The minimum Gasteiger partial charge on any atom is -0.352 e. The predicted octanol–water partition coefficient (Wildman–Crippen LogP) is 2.39. The average molecular weight is 357 g/mol. The molecule has 130 valence electrons. The highest BCUT2D eigenvalue weighted by molar-refractivity contribution is 8.00. The van der Waals surface area contributed by atoms with Crippen LogP contribution < -0.4 is 11.0 Å². The van der Waals surface area contributed by atoms with Crippen molar-refractivity contribution in [1.29, 1.82) is 0 Å². The fourth-order valence-corrected chi connectivity index (χ4v) is 3.82. The summed E-state index contributed by atoms with van der Waals surface area (Å²) in [6.45, 7) is 3.08. The van der Waals surface area contributed by atoms with E-state index >= 15 is 0 Å². The number of carbonyl (C=O) groups excluding carboxylic acids is 2. The van der Waals surface area contributed by atoms with Crippen molar-refractivity contribution in [1.82, 2.24) is 15.3 Å². The smallest absolute Gasteiger partial charge is 0.346 e. The van der Waals surface area contributed by atoms with Crippen molar-refractivity contribution in [3.8, 4) is 0 Å². The van der Waals surface area contributed by atoms with Crippen molar-refractivity contribution in [2.75, 3.05) is 0 Å². The van der Waals surface area contributed by atoms with Crippen LogP contribution in [0, 0.1) is 6.92 Å². The lowest BCUT2D eigenvalue weighted by Crippen LogP contribution is -2.30. The van der Waals surface area contributed by atoms with E-state index in [1.165, 1.54) is 6.92 Å². The Hall–Kier alpha value is -2.41. The zero-order valence-corrected chi connectivity index (χ0v) is 14.9. The maximum Gasteiger partial charge on any atom is 0.346 e. The Balaban J connectivity index is 1.99. The lowest BCUT2D eigenvalue weighted by atomic mass is 10.1. The molecule has 2 aromatic rings. The van der Waals surface area contributed by atoms with E-state index in [0.717, 1.165) is 30.2 Å². The molecular weight excluding hydrogens is 338 g/mol. The van der Waals surface area contributed by atoms with Gasteiger partial charge in [0.05, 0.1) is 5.56 Å². The molecule has 25 heavy (non-hydrogen) atoms. The fraction of sp³-hybridized carbons (Fsp3) is 0.333. The van der Waals surface area contributed by atoms with Gasteiger partial charge in [-0.2, -0.15) is 4.98 Å². The van der Waals surface area contributed by atoms with Gasteiger partial charge in [-0.15, -0.1) is 0 Å². The van der Waals surface area contributed by atoms with E-state index in [9.17, 15) is 14.4 Å². The highest BCUT2D eigenvalue weighted by Crippen LogP contribution is 2.37. The first-order valence-corrected chi connectivity index (χ1v) is 8.97. The first-order valence-electron chi connectivity index (χ1n) is 8.09. The van der Waals surface area contributed by atoms with Gasteiger partial charge in [0, 0.05) is 11.7 Å². The van der Waals surface area contributed by atoms with E-state index in [2.05, 4.69) is 15.3 Å². The number of nitrogens with zero attached hydrogens (tertiary/aromatic N) is 1. The molecule has 1 fully saturated rings. The molecule has 1 saturated carbocycles. The number of H-pyrrole nitrogens is 1. The van der Waals surface area contributed by atoms with Gasteiger partial charge < -0.3 is 10.3 Å².